The Labute approximate surface area is 73.5 Å². The molecule has 0 aliphatic heterocycles. The Bertz CT molecular complexity index is 250. The van der Waals surface area contributed by atoms with E-state index in [4.69, 9.17) is 10.8 Å². The highest BCUT2D eigenvalue weighted by Gasteiger charge is 2.06. The Morgan fingerprint density at radius 1 is 1.82 bits per heavy atom. The molecule has 11 heavy (non-hydrogen) atoms. The highest BCUT2D eigenvalue weighted by atomic mass is 35.5. The topological polar surface area (TPSA) is 76.2 Å². The second-order valence-electron chi connectivity index (χ2n) is 1.63. The van der Waals surface area contributed by atoms with E-state index in [9.17, 15) is 4.79 Å². The van der Waals surface area contributed by atoms with Gasteiger partial charge in [-0.3, -0.25) is 0 Å². The van der Waals surface area contributed by atoms with Crippen LogP contribution < -0.4 is 5.73 Å². The first-order valence-electron chi connectivity index (χ1n) is 2.62. The van der Waals surface area contributed by atoms with E-state index < -0.39 is 5.97 Å². The second kappa shape index (κ2) is 4.27. The predicted octanol–water partition coefficient (Wildman–Crippen LogP) is 0.722. The molecule has 0 aromatic carbocycles. The molecular formula is C5H7ClN2O2S. The molecule has 1 heterocycles. The van der Waals surface area contributed by atoms with Gasteiger partial charge in [0.25, 0.3) is 0 Å². The average molecular weight is 195 g/mol. The molecular weight excluding hydrogens is 188 g/mol. The first kappa shape index (κ1) is 10.3. The van der Waals surface area contributed by atoms with Crippen molar-refractivity contribution in [3.05, 3.63) is 16.1 Å². The number of halogens is 1. The Morgan fingerprint density at radius 2 is 2.45 bits per heavy atom. The molecule has 0 aliphatic carbocycles. The molecule has 6 heteroatoms. The van der Waals surface area contributed by atoms with Crippen LogP contribution in [0.2, 0.25) is 0 Å². The van der Waals surface area contributed by atoms with Gasteiger partial charge >= 0.3 is 5.97 Å². The highest BCUT2D eigenvalue weighted by Crippen LogP contribution is 2.11. The van der Waals surface area contributed by atoms with E-state index in [2.05, 4.69) is 4.98 Å². The van der Waals surface area contributed by atoms with Crippen molar-refractivity contribution in [1.82, 2.24) is 4.98 Å². The molecule has 0 radical (unpaired) electrons. The quantitative estimate of drug-likeness (QED) is 0.728. The third-order valence-electron chi connectivity index (χ3n) is 0.939. The van der Waals surface area contributed by atoms with Crippen LogP contribution in [0.3, 0.4) is 0 Å². The number of carbonyl (C=O) groups is 1. The Morgan fingerprint density at radius 3 is 2.73 bits per heavy atom. The van der Waals surface area contributed by atoms with Crippen LogP contribution in [0.4, 0.5) is 0 Å². The second-order valence-corrected chi connectivity index (χ2v) is 2.74. The zero-order valence-corrected chi connectivity index (χ0v) is 7.11. The lowest BCUT2D eigenvalue weighted by atomic mass is 10.6. The third kappa shape index (κ3) is 2.45. The smallest absolute Gasteiger partial charge is 0.347 e. The number of nitrogens with two attached hydrogens (primary N) is 1. The average Bonchev–Trinajstić information content (AvgIpc) is 2.34. The molecule has 0 bridgehead atoms. The maximum Gasteiger partial charge on any atom is 0.347 e. The number of hydrogen-bond donors (Lipinski definition) is 2. The summed E-state index contributed by atoms with van der Waals surface area (Å²) in [5, 5.41) is 9.07. The molecule has 3 N–H and O–H groups in total. The summed E-state index contributed by atoms with van der Waals surface area (Å²) in [4.78, 5) is 14.3. The molecule has 1 aromatic heterocycles. The largest absolute Gasteiger partial charge is 0.477 e. The van der Waals surface area contributed by atoms with Crippen molar-refractivity contribution < 1.29 is 9.90 Å². The molecule has 0 unspecified atom stereocenters. The molecule has 0 amide bonds. The number of rotatable bonds is 2. The SMILES string of the molecule is Cl.NCc1ncc(C(=O)O)s1. The predicted molar refractivity (Wildman–Crippen MR) is 44.2 cm³/mol. The van der Waals surface area contributed by atoms with Gasteiger partial charge in [-0.05, 0) is 0 Å². The zero-order valence-electron chi connectivity index (χ0n) is 5.48. The van der Waals surface area contributed by atoms with E-state index in [1.54, 1.807) is 0 Å². The van der Waals surface area contributed by atoms with E-state index in [-0.39, 0.29) is 17.3 Å². The highest BCUT2D eigenvalue weighted by molar-refractivity contribution is 7.13. The monoisotopic (exact) mass is 194 g/mol. The van der Waals surface area contributed by atoms with Crippen LogP contribution in [0.25, 0.3) is 0 Å². The number of carboxylic acid groups (broad SMARTS) is 1. The maximum absolute atomic E-state index is 10.3. The van der Waals surface area contributed by atoms with Crippen molar-refractivity contribution in [3.8, 4) is 0 Å². The molecule has 0 aliphatic rings. The van der Waals surface area contributed by atoms with Gasteiger partial charge in [0.15, 0.2) is 0 Å². The van der Waals surface area contributed by atoms with Gasteiger partial charge in [-0.2, -0.15) is 0 Å². The van der Waals surface area contributed by atoms with Gasteiger partial charge in [0.2, 0.25) is 0 Å². The van der Waals surface area contributed by atoms with Crippen LogP contribution in [-0.4, -0.2) is 16.1 Å². The van der Waals surface area contributed by atoms with Gasteiger partial charge < -0.3 is 10.8 Å². The van der Waals surface area contributed by atoms with E-state index in [1.165, 1.54) is 6.20 Å². The van der Waals surface area contributed by atoms with Gasteiger partial charge in [0, 0.05) is 6.54 Å². The van der Waals surface area contributed by atoms with Crippen molar-refractivity contribution in [2.75, 3.05) is 0 Å². The fourth-order valence-corrected chi connectivity index (χ4v) is 1.14. The van der Waals surface area contributed by atoms with Gasteiger partial charge in [0.05, 0.1) is 6.20 Å². The number of hydrogen-bond acceptors (Lipinski definition) is 4. The lowest BCUT2D eigenvalue weighted by Gasteiger charge is -1.81. The molecule has 0 saturated carbocycles. The van der Waals surface area contributed by atoms with Gasteiger partial charge in [0.1, 0.15) is 9.88 Å². The number of carboxylic acids is 1. The molecule has 4 nitrogen and oxygen atoms in total. The van der Waals surface area contributed by atoms with Crippen LogP contribution in [0, 0.1) is 0 Å². The lowest BCUT2D eigenvalue weighted by Crippen LogP contribution is -1.93. The maximum atomic E-state index is 10.3. The van der Waals surface area contributed by atoms with Crippen molar-refractivity contribution in [3.63, 3.8) is 0 Å². The van der Waals surface area contributed by atoms with Crippen LogP contribution in [0.5, 0.6) is 0 Å². The van der Waals surface area contributed by atoms with Crippen molar-refractivity contribution >= 4 is 29.7 Å². The molecule has 0 saturated heterocycles. The normalized spacial score (nSPS) is 8.82. The number of aromatic carboxylic acids is 1. The molecule has 1 aromatic rings. The van der Waals surface area contributed by atoms with E-state index in [0.717, 1.165) is 11.3 Å². The van der Waals surface area contributed by atoms with E-state index in [0.29, 0.717) is 11.6 Å². The van der Waals surface area contributed by atoms with Crippen LogP contribution >= 0.6 is 23.7 Å². The molecule has 0 fully saturated rings. The summed E-state index contributed by atoms with van der Waals surface area (Å²) in [5.41, 5.74) is 5.22. The zero-order chi connectivity index (χ0) is 7.56. The summed E-state index contributed by atoms with van der Waals surface area (Å²) in [6.45, 7) is 0.304. The van der Waals surface area contributed by atoms with Crippen molar-refractivity contribution in [1.29, 1.82) is 0 Å². The van der Waals surface area contributed by atoms with E-state index in [1.807, 2.05) is 0 Å². The van der Waals surface area contributed by atoms with Crippen LogP contribution in [-0.2, 0) is 6.54 Å². The summed E-state index contributed by atoms with van der Waals surface area (Å²) in [6, 6.07) is 0. The Balaban J connectivity index is 0.000001000. The Kier molecular flexibility index (Phi) is 4.02. The van der Waals surface area contributed by atoms with Crippen molar-refractivity contribution in [2.24, 2.45) is 5.73 Å². The van der Waals surface area contributed by atoms with Crippen molar-refractivity contribution in [2.45, 2.75) is 6.54 Å². The number of aromatic nitrogens is 1. The van der Waals surface area contributed by atoms with Crippen LogP contribution in [0.15, 0.2) is 6.20 Å². The molecule has 62 valence electrons. The molecule has 1 rings (SSSR count). The summed E-state index contributed by atoms with van der Waals surface area (Å²) in [6.07, 6.45) is 1.31. The fourth-order valence-electron chi connectivity index (χ4n) is 0.503. The first-order chi connectivity index (χ1) is 4.74. The third-order valence-corrected chi connectivity index (χ3v) is 1.95. The van der Waals surface area contributed by atoms with E-state index >= 15 is 0 Å². The van der Waals surface area contributed by atoms with Gasteiger partial charge in [-0.1, -0.05) is 0 Å². The number of nitrogens with zero attached hydrogens (tertiary/aromatic N) is 1. The standard InChI is InChI=1S/C5H6N2O2S.ClH/c6-1-4-7-2-3(10-4)5(8)9;/h2H,1,6H2,(H,8,9);1H. The van der Waals surface area contributed by atoms with Crippen LogP contribution in [0.1, 0.15) is 14.7 Å². The minimum absolute atomic E-state index is 0. The first-order valence-corrected chi connectivity index (χ1v) is 3.43. The minimum Gasteiger partial charge on any atom is -0.477 e. The summed E-state index contributed by atoms with van der Waals surface area (Å²) in [7, 11) is 0. The molecule has 0 atom stereocenters. The summed E-state index contributed by atoms with van der Waals surface area (Å²) >= 11 is 1.11. The minimum atomic E-state index is -0.947. The molecule has 0 spiro atoms. The summed E-state index contributed by atoms with van der Waals surface area (Å²) in [5.74, 6) is -0.947. The number of thiazole rings is 1. The summed E-state index contributed by atoms with van der Waals surface area (Å²) < 4.78 is 0. The Hall–Kier alpha value is -0.650. The van der Waals surface area contributed by atoms with Gasteiger partial charge in [-0.15, -0.1) is 23.7 Å². The van der Waals surface area contributed by atoms with Gasteiger partial charge in [-0.25, -0.2) is 9.78 Å². The fraction of sp³-hybridized carbons (Fsp3) is 0.200. The lowest BCUT2D eigenvalue weighted by molar-refractivity contribution is 0.0702.